The van der Waals surface area contributed by atoms with Gasteiger partial charge in [-0.3, -0.25) is 9.78 Å². The lowest BCUT2D eigenvalue weighted by Gasteiger charge is -2.43. The number of hydrogen-bond acceptors (Lipinski definition) is 5. The molecule has 0 aliphatic carbocycles. The Balaban J connectivity index is 2.39. The molecule has 138 valence electrons. The zero-order valence-corrected chi connectivity index (χ0v) is 14.7. The fourth-order valence-electron chi connectivity index (χ4n) is 2.60. The molecule has 1 aliphatic heterocycles. The van der Waals surface area contributed by atoms with Gasteiger partial charge in [0.2, 0.25) is 0 Å². The second-order valence-electron chi connectivity index (χ2n) is 7.31. The van der Waals surface area contributed by atoms with Crippen LogP contribution in [0.3, 0.4) is 0 Å². The minimum Gasteiger partial charge on any atom is -0.465 e. The lowest BCUT2D eigenvalue weighted by atomic mass is 9.84. The minimum absolute atomic E-state index is 0.0144. The number of aryl methyl sites for hydroxylation is 1. The van der Waals surface area contributed by atoms with Crippen molar-refractivity contribution >= 4 is 12.1 Å². The Hall–Kier alpha value is -2.22. The van der Waals surface area contributed by atoms with E-state index in [1.165, 1.54) is 19.1 Å². The van der Waals surface area contributed by atoms with Gasteiger partial charge >= 0.3 is 12.1 Å². The van der Waals surface area contributed by atoms with Gasteiger partial charge in [-0.25, -0.2) is 9.18 Å². The van der Waals surface area contributed by atoms with Gasteiger partial charge in [0.25, 0.3) is 0 Å². The summed E-state index contributed by atoms with van der Waals surface area (Å²) < 4.78 is 19.0. The summed E-state index contributed by atoms with van der Waals surface area (Å²) in [5.41, 5.74) is -2.25. The van der Waals surface area contributed by atoms with Crippen LogP contribution in [0.25, 0.3) is 0 Å². The first-order valence-corrected chi connectivity index (χ1v) is 8.00. The highest BCUT2D eigenvalue weighted by Gasteiger charge is 2.48. The molecule has 7 nitrogen and oxygen atoms in total. The van der Waals surface area contributed by atoms with Crippen LogP contribution in [0.4, 0.5) is 9.18 Å². The molecule has 0 radical (unpaired) electrons. The van der Waals surface area contributed by atoms with Crippen molar-refractivity contribution < 1.29 is 28.9 Å². The van der Waals surface area contributed by atoms with E-state index >= 15 is 0 Å². The maximum atomic E-state index is 13.5. The third-order valence-electron chi connectivity index (χ3n) is 4.28. The number of likely N-dealkylation sites (tertiary alicyclic amines) is 1. The van der Waals surface area contributed by atoms with E-state index in [0.717, 1.165) is 4.90 Å². The van der Waals surface area contributed by atoms with Gasteiger partial charge in [0.05, 0.1) is 23.3 Å². The molecular weight excluding hydrogens is 331 g/mol. The van der Waals surface area contributed by atoms with Gasteiger partial charge in [-0.05, 0) is 39.8 Å². The van der Waals surface area contributed by atoms with E-state index < -0.39 is 35.0 Å². The predicted molar refractivity (Wildman–Crippen MR) is 86.4 cm³/mol. The molecule has 0 saturated carbocycles. The highest BCUT2D eigenvalue weighted by Crippen LogP contribution is 2.35. The normalized spacial score (nSPS) is 24.1. The number of esters is 1. The number of aliphatic hydroxyl groups is 1. The first-order valence-electron chi connectivity index (χ1n) is 8.00. The quantitative estimate of drug-likeness (QED) is 0.789. The molecule has 0 bridgehead atoms. The van der Waals surface area contributed by atoms with Crippen molar-refractivity contribution in [2.75, 3.05) is 13.1 Å². The van der Waals surface area contributed by atoms with E-state index in [-0.39, 0.29) is 30.9 Å². The van der Waals surface area contributed by atoms with Crippen LogP contribution in [0, 0.1) is 18.2 Å². The van der Waals surface area contributed by atoms with Crippen LogP contribution < -0.4 is 0 Å². The molecule has 1 fully saturated rings. The molecule has 2 rings (SSSR count). The molecule has 1 saturated heterocycles. The van der Waals surface area contributed by atoms with E-state index in [1.807, 2.05) is 0 Å². The summed E-state index contributed by atoms with van der Waals surface area (Å²) in [7, 11) is 0. The molecule has 2 heterocycles. The summed E-state index contributed by atoms with van der Waals surface area (Å²) in [5, 5.41) is 20.4. The van der Waals surface area contributed by atoms with Crippen LogP contribution in [0.15, 0.2) is 12.1 Å². The number of pyridine rings is 1. The number of piperidine rings is 1. The van der Waals surface area contributed by atoms with Crippen molar-refractivity contribution in [2.24, 2.45) is 5.41 Å². The van der Waals surface area contributed by atoms with Gasteiger partial charge in [0.15, 0.2) is 6.10 Å². The van der Waals surface area contributed by atoms with E-state index in [1.54, 1.807) is 20.8 Å². The maximum Gasteiger partial charge on any atom is 0.407 e. The molecule has 0 aromatic carbocycles. The molecule has 1 aromatic heterocycles. The third-order valence-corrected chi connectivity index (χ3v) is 4.28. The van der Waals surface area contributed by atoms with Gasteiger partial charge in [-0.2, -0.15) is 0 Å². The number of carboxylic acid groups (broad SMARTS) is 1. The van der Waals surface area contributed by atoms with Gasteiger partial charge in [0, 0.05) is 13.0 Å². The number of carbonyl (C=O) groups excluding carboxylic acids is 1. The summed E-state index contributed by atoms with van der Waals surface area (Å²) in [6.45, 7) is 6.30. The van der Waals surface area contributed by atoms with Crippen molar-refractivity contribution in [1.29, 1.82) is 0 Å². The standard InChI is InChI=1S/C17H23FN2O5/c1-10-11(18)5-6-12(19-10)17(24)7-8-20(15(22)23)9-13(17)25-14(21)16(2,3)4/h5-6,13,24H,7-9H2,1-4H3,(H,22,23)/t13-,17-/m0/s1. The van der Waals surface area contributed by atoms with Crippen LogP contribution in [0.5, 0.6) is 0 Å². The van der Waals surface area contributed by atoms with Gasteiger partial charge < -0.3 is 19.8 Å². The SMILES string of the molecule is Cc1nc([C@@]2(O)CCN(C(=O)O)C[C@@H]2OC(=O)C(C)(C)C)ccc1F. The number of aromatic nitrogens is 1. The average Bonchev–Trinajstić information content (AvgIpc) is 2.50. The van der Waals surface area contributed by atoms with Crippen molar-refractivity contribution in [3.8, 4) is 0 Å². The Morgan fingerprint density at radius 3 is 2.56 bits per heavy atom. The van der Waals surface area contributed by atoms with Crippen molar-refractivity contribution in [2.45, 2.75) is 45.8 Å². The first kappa shape index (κ1) is 19.1. The van der Waals surface area contributed by atoms with Crippen molar-refractivity contribution in [3.63, 3.8) is 0 Å². The van der Waals surface area contributed by atoms with Gasteiger partial charge in [0.1, 0.15) is 11.4 Å². The van der Waals surface area contributed by atoms with Crippen LogP contribution in [-0.2, 0) is 15.1 Å². The Kier molecular flexibility index (Phi) is 5.04. The lowest BCUT2D eigenvalue weighted by molar-refractivity contribution is -0.186. The number of nitrogens with zero attached hydrogens (tertiary/aromatic N) is 2. The highest BCUT2D eigenvalue weighted by atomic mass is 19.1. The predicted octanol–water partition coefficient (Wildman–Crippen LogP) is 2.06. The first-order chi connectivity index (χ1) is 11.4. The summed E-state index contributed by atoms with van der Waals surface area (Å²) in [6.07, 6.45) is -2.32. The van der Waals surface area contributed by atoms with Gasteiger partial charge in [-0.15, -0.1) is 0 Å². The summed E-state index contributed by atoms with van der Waals surface area (Å²) in [4.78, 5) is 28.7. The Morgan fingerprint density at radius 2 is 2.04 bits per heavy atom. The molecule has 0 spiro atoms. The summed E-state index contributed by atoms with van der Waals surface area (Å²) >= 11 is 0. The van der Waals surface area contributed by atoms with E-state index in [0.29, 0.717) is 0 Å². The van der Waals surface area contributed by atoms with Crippen LogP contribution in [-0.4, -0.2) is 51.4 Å². The fraction of sp³-hybridized carbons (Fsp3) is 0.588. The Labute approximate surface area is 145 Å². The molecular formula is C17H23FN2O5. The second-order valence-corrected chi connectivity index (χ2v) is 7.31. The third kappa shape index (κ3) is 3.89. The number of amides is 1. The van der Waals surface area contributed by atoms with Crippen LogP contribution in [0.2, 0.25) is 0 Å². The molecule has 1 aromatic rings. The molecule has 25 heavy (non-hydrogen) atoms. The number of hydrogen-bond donors (Lipinski definition) is 2. The monoisotopic (exact) mass is 354 g/mol. The average molecular weight is 354 g/mol. The molecule has 2 atom stereocenters. The number of rotatable bonds is 2. The van der Waals surface area contributed by atoms with Crippen molar-refractivity contribution in [1.82, 2.24) is 9.88 Å². The summed E-state index contributed by atoms with van der Waals surface area (Å²) in [5.74, 6) is -1.08. The Morgan fingerprint density at radius 1 is 1.40 bits per heavy atom. The number of ether oxygens (including phenoxy) is 1. The number of halogens is 1. The van der Waals surface area contributed by atoms with E-state index in [9.17, 15) is 24.2 Å². The van der Waals surface area contributed by atoms with E-state index in [2.05, 4.69) is 4.98 Å². The topological polar surface area (TPSA) is 100.0 Å². The van der Waals surface area contributed by atoms with Crippen molar-refractivity contribution in [3.05, 3.63) is 29.3 Å². The highest BCUT2D eigenvalue weighted by molar-refractivity contribution is 5.75. The van der Waals surface area contributed by atoms with E-state index in [4.69, 9.17) is 4.74 Å². The maximum absolute atomic E-state index is 13.5. The summed E-state index contributed by atoms with van der Waals surface area (Å²) in [6, 6.07) is 2.51. The number of carbonyl (C=O) groups is 2. The molecule has 8 heteroatoms. The fourth-order valence-corrected chi connectivity index (χ4v) is 2.60. The molecule has 2 N–H and O–H groups in total. The Bertz CT molecular complexity index is 688. The zero-order valence-electron chi connectivity index (χ0n) is 14.7. The lowest BCUT2D eigenvalue weighted by Crippen LogP contribution is -2.57. The molecule has 0 unspecified atom stereocenters. The van der Waals surface area contributed by atoms with Gasteiger partial charge in [-0.1, -0.05) is 0 Å². The molecule has 1 aliphatic rings. The minimum atomic E-state index is -1.69. The largest absolute Gasteiger partial charge is 0.465 e. The zero-order chi connectivity index (χ0) is 19.0. The smallest absolute Gasteiger partial charge is 0.407 e. The van der Waals surface area contributed by atoms with Crippen LogP contribution >= 0.6 is 0 Å². The van der Waals surface area contributed by atoms with Crippen LogP contribution in [0.1, 0.15) is 38.6 Å². The molecule has 1 amide bonds. The second kappa shape index (κ2) is 6.59.